The van der Waals surface area contributed by atoms with Crippen LogP contribution in [0.1, 0.15) is 19.8 Å². The maximum atomic E-state index is 12.1. The molecule has 2 amide bonds. The third-order valence-corrected chi connectivity index (χ3v) is 2.74. The molecule has 0 aromatic heterocycles. The van der Waals surface area contributed by atoms with E-state index in [9.17, 15) is 9.59 Å². The van der Waals surface area contributed by atoms with Crippen molar-refractivity contribution in [2.75, 3.05) is 6.54 Å². The molecule has 5 heteroatoms. The lowest BCUT2D eigenvalue weighted by Crippen LogP contribution is -2.53. The minimum Gasteiger partial charge on any atom is -0.298 e. The Morgan fingerprint density at radius 3 is 2.72 bits per heavy atom. The van der Waals surface area contributed by atoms with Gasteiger partial charge in [0.05, 0.1) is 0 Å². The first kappa shape index (κ1) is 14.3. The van der Waals surface area contributed by atoms with Gasteiger partial charge in [-0.05, 0) is 24.7 Å². The Morgan fingerprint density at radius 1 is 1.50 bits per heavy atom. The maximum absolute atomic E-state index is 12.1. The number of amides is 2. The number of rotatable bonds is 5. The second-order valence-electron chi connectivity index (χ2n) is 3.93. The summed E-state index contributed by atoms with van der Waals surface area (Å²) in [7, 11) is 0. The zero-order valence-corrected chi connectivity index (χ0v) is 11.2. The number of nitrogens with one attached hydrogen (secondary N) is 1. The number of hydrogen-bond donors (Lipinski definition) is 1. The highest BCUT2D eigenvalue weighted by molar-refractivity contribution is 7.80. The molecular formula is C13H16N2O2S. The molecule has 1 rings (SSSR count). The number of allylic oxidation sites excluding steroid dienone is 2. The topological polar surface area (TPSA) is 49.4 Å². The van der Waals surface area contributed by atoms with E-state index in [2.05, 4.69) is 18.5 Å². The van der Waals surface area contributed by atoms with Gasteiger partial charge in [0.2, 0.25) is 0 Å². The van der Waals surface area contributed by atoms with Crippen LogP contribution in [-0.4, -0.2) is 28.4 Å². The summed E-state index contributed by atoms with van der Waals surface area (Å²) in [5.74, 6) is -0.872. The number of nitrogens with zero attached hydrogens (tertiary/aromatic N) is 1. The molecule has 0 unspecified atom stereocenters. The van der Waals surface area contributed by atoms with Gasteiger partial charge < -0.3 is 0 Å². The van der Waals surface area contributed by atoms with Gasteiger partial charge in [0.25, 0.3) is 11.8 Å². The fourth-order valence-corrected chi connectivity index (χ4v) is 1.84. The van der Waals surface area contributed by atoms with E-state index in [1.807, 2.05) is 6.92 Å². The van der Waals surface area contributed by atoms with Gasteiger partial charge in [-0.3, -0.25) is 19.8 Å². The van der Waals surface area contributed by atoms with E-state index in [-0.39, 0.29) is 17.2 Å². The van der Waals surface area contributed by atoms with Crippen LogP contribution in [0, 0.1) is 0 Å². The lowest BCUT2D eigenvalue weighted by Gasteiger charge is -2.27. The molecule has 0 aliphatic carbocycles. The molecule has 0 bridgehead atoms. The zero-order valence-electron chi connectivity index (χ0n) is 10.4. The fraction of sp³-hybridized carbons (Fsp3) is 0.308. The van der Waals surface area contributed by atoms with Gasteiger partial charge in [0.15, 0.2) is 5.11 Å². The highest BCUT2D eigenvalue weighted by atomic mass is 32.1. The van der Waals surface area contributed by atoms with Crippen LogP contribution in [0.3, 0.4) is 0 Å². The molecule has 18 heavy (non-hydrogen) atoms. The number of thiocarbonyl (C=S) groups is 1. The molecule has 1 heterocycles. The van der Waals surface area contributed by atoms with Gasteiger partial charge in [-0.25, -0.2) is 0 Å². The van der Waals surface area contributed by atoms with Crippen molar-refractivity contribution in [3.05, 3.63) is 36.5 Å². The van der Waals surface area contributed by atoms with Crippen LogP contribution in [-0.2, 0) is 9.59 Å². The van der Waals surface area contributed by atoms with E-state index < -0.39 is 11.8 Å². The van der Waals surface area contributed by atoms with Gasteiger partial charge in [0.1, 0.15) is 5.57 Å². The minimum atomic E-state index is -0.470. The van der Waals surface area contributed by atoms with Crippen molar-refractivity contribution >= 4 is 29.1 Å². The fourth-order valence-electron chi connectivity index (χ4n) is 1.59. The first-order valence-electron chi connectivity index (χ1n) is 5.68. The summed E-state index contributed by atoms with van der Waals surface area (Å²) < 4.78 is 0. The van der Waals surface area contributed by atoms with E-state index in [0.29, 0.717) is 0 Å². The Labute approximate surface area is 112 Å². The van der Waals surface area contributed by atoms with Crippen LogP contribution in [0.15, 0.2) is 36.5 Å². The summed E-state index contributed by atoms with van der Waals surface area (Å²) in [4.78, 5) is 25.1. The highest BCUT2D eigenvalue weighted by Gasteiger charge is 2.32. The largest absolute Gasteiger partial charge is 0.298 e. The van der Waals surface area contributed by atoms with Crippen LogP contribution >= 0.6 is 12.2 Å². The molecule has 0 aromatic carbocycles. The van der Waals surface area contributed by atoms with Crippen molar-refractivity contribution in [2.45, 2.75) is 19.8 Å². The smallest absolute Gasteiger partial charge is 0.265 e. The second-order valence-corrected chi connectivity index (χ2v) is 4.32. The molecule has 0 spiro atoms. The first-order chi connectivity index (χ1) is 8.51. The van der Waals surface area contributed by atoms with Crippen molar-refractivity contribution in [2.24, 2.45) is 0 Å². The van der Waals surface area contributed by atoms with Gasteiger partial charge in [0, 0.05) is 6.54 Å². The molecule has 0 saturated carbocycles. The van der Waals surface area contributed by atoms with E-state index in [1.165, 1.54) is 11.0 Å². The van der Waals surface area contributed by atoms with Crippen LogP contribution in [0.4, 0.5) is 0 Å². The molecule has 0 aromatic rings. The van der Waals surface area contributed by atoms with Crippen LogP contribution in [0.5, 0.6) is 0 Å². The average Bonchev–Trinajstić information content (AvgIpc) is 2.30. The first-order valence-corrected chi connectivity index (χ1v) is 6.09. The summed E-state index contributed by atoms with van der Waals surface area (Å²) in [5.41, 5.74) is 0.825. The Kier molecular flexibility index (Phi) is 4.97. The monoisotopic (exact) mass is 264 g/mol. The minimum absolute atomic E-state index is 0.0731. The van der Waals surface area contributed by atoms with Crippen molar-refractivity contribution in [3.63, 3.8) is 0 Å². The third-order valence-electron chi connectivity index (χ3n) is 2.42. The Morgan fingerprint density at radius 2 is 2.17 bits per heavy atom. The lowest BCUT2D eigenvalue weighted by atomic mass is 10.1. The Hall–Kier alpha value is -1.75. The second kappa shape index (κ2) is 6.26. The molecule has 1 aliphatic rings. The summed E-state index contributed by atoms with van der Waals surface area (Å²) in [6.07, 6.45) is 4.74. The molecule has 0 radical (unpaired) electrons. The summed E-state index contributed by atoms with van der Waals surface area (Å²) in [5, 5.41) is 2.60. The standard InChI is InChI=1S/C13H16N2O2S/c1-4-6-9(3)8-10-11(16)14-13(18)15(7-5-2)12(10)17/h5,8H,2-4,6-7H2,1H3,(H,14,16,18)/b10-8+. The zero-order chi connectivity index (χ0) is 13.7. The third kappa shape index (κ3) is 3.13. The van der Waals surface area contributed by atoms with Crippen LogP contribution < -0.4 is 5.32 Å². The molecule has 1 aliphatic heterocycles. The van der Waals surface area contributed by atoms with Crippen molar-refractivity contribution < 1.29 is 9.59 Å². The number of carbonyl (C=O) groups is 2. The Balaban J connectivity index is 3.00. The van der Waals surface area contributed by atoms with Gasteiger partial charge in [-0.1, -0.05) is 31.6 Å². The van der Waals surface area contributed by atoms with E-state index in [0.717, 1.165) is 18.4 Å². The van der Waals surface area contributed by atoms with Gasteiger partial charge in [-0.15, -0.1) is 6.58 Å². The predicted octanol–water partition coefficient (Wildman–Crippen LogP) is 1.70. The molecular weight excluding hydrogens is 248 g/mol. The molecule has 0 atom stereocenters. The van der Waals surface area contributed by atoms with Crippen molar-refractivity contribution in [3.8, 4) is 0 Å². The predicted molar refractivity (Wildman–Crippen MR) is 74.8 cm³/mol. The Bertz CT molecular complexity index is 452. The van der Waals surface area contributed by atoms with Crippen LogP contribution in [0.2, 0.25) is 0 Å². The lowest BCUT2D eigenvalue weighted by molar-refractivity contribution is -0.128. The van der Waals surface area contributed by atoms with E-state index in [1.54, 1.807) is 6.08 Å². The van der Waals surface area contributed by atoms with Gasteiger partial charge >= 0.3 is 0 Å². The average molecular weight is 264 g/mol. The molecule has 1 N–H and O–H groups in total. The molecule has 96 valence electrons. The molecule has 4 nitrogen and oxygen atoms in total. The SMILES string of the molecule is C=CCN1C(=O)/C(=C/C(=C)CCC)C(=O)NC1=S. The van der Waals surface area contributed by atoms with Crippen molar-refractivity contribution in [1.29, 1.82) is 0 Å². The number of carbonyl (C=O) groups excluding carboxylic acids is 2. The van der Waals surface area contributed by atoms with E-state index in [4.69, 9.17) is 12.2 Å². The molecule has 1 fully saturated rings. The normalized spacial score (nSPS) is 17.9. The highest BCUT2D eigenvalue weighted by Crippen LogP contribution is 2.14. The van der Waals surface area contributed by atoms with E-state index >= 15 is 0 Å². The quantitative estimate of drug-likeness (QED) is 0.356. The molecule has 1 saturated heterocycles. The summed E-state index contributed by atoms with van der Waals surface area (Å²) in [6.45, 7) is 9.65. The van der Waals surface area contributed by atoms with Gasteiger partial charge in [-0.2, -0.15) is 0 Å². The maximum Gasteiger partial charge on any atom is 0.265 e. The number of hydrogen-bond acceptors (Lipinski definition) is 3. The van der Waals surface area contributed by atoms with Crippen molar-refractivity contribution in [1.82, 2.24) is 10.2 Å². The van der Waals surface area contributed by atoms with Crippen LogP contribution in [0.25, 0.3) is 0 Å². The summed E-state index contributed by atoms with van der Waals surface area (Å²) in [6, 6.07) is 0. The summed E-state index contributed by atoms with van der Waals surface area (Å²) >= 11 is 4.94.